The maximum Gasteiger partial charge on any atom is 0.131 e. The third-order valence-electron chi connectivity index (χ3n) is 4.29. The lowest BCUT2D eigenvalue weighted by molar-refractivity contribution is 0.568. The van der Waals surface area contributed by atoms with E-state index in [0.29, 0.717) is 0 Å². The average Bonchev–Trinajstić information content (AvgIpc) is 2.87. The highest BCUT2D eigenvalue weighted by Gasteiger charge is 2.23. The first kappa shape index (κ1) is 14.3. The average molecular weight is 261 g/mol. The minimum absolute atomic E-state index is 0.253. The van der Waals surface area contributed by atoms with E-state index in [-0.39, 0.29) is 6.04 Å². The third kappa shape index (κ3) is 3.47. The standard InChI is InChI=1S/C16H27N3/c1-4-13-6-7-19(11-13)16-12(3)8-14(10-18-16)9-15(17)5-2/h8,10,13,15H,4-7,9,11,17H2,1-3H3. The fourth-order valence-corrected chi connectivity index (χ4v) is 2.87. The molecule has 0 spiro atoms. The Morgan fingerprint density at radius 1 is 1.47 bits per heavy atom. The molecule has 2 atom stereocenters. The first-order chi connectivity index (χ1) is 9.13. The van der Waals surface area contributed by atoms with Gasteiger partial charge in [-0.25, -0.2) is 4.98 Å². The fourth-order valence-electron chi connectivity index (χ4n) is 2.87. The Bertz CT molecular complexity index is 416. The number of anilines is 1. The van der Waals surface area contributed by atoms with Gasteiger partial charge >= 0.3 is 0 Å². The molecule has 1 aliphatic rings. The van der Waals surface area contributed by atoms with Crippen molar-refractivity contribution in [3.8, 4) is 0 Å². The van der Waals surface area contributed by atoms with Gasteiger partial charge in [-0.15, -0.1) is 0 Å². The summed E-state index contributed by atoms with van der Waals surface area (Å²) in [5.41, 5.74) is 8.57. The van der Waals surface area contributed by atoms with Crippen molar-refractivity contribution in [1.29, 1.82) is 0 Å². The number of nitrogens with two attached hydrogens (primary N) is 1. The van der Waals surface area contributed by atoms with E-state index in [4.69, 9.17) is 5.73 Å². The van der Waals surface area contributed by atoms with Crippen LogP contribution < -0.4 is 10.6 Å². The molecule has 1 saturated heterocycles. The molecule has 1 aromatic heterocycles. The predicted molar refractivity (Wildman–Crippen MR) is 81.6 cm³/mol. The molecule has 1 aromatic rings. The minimum atomic E-state index is 0.253. The maximum absolute atomic E-state index is 6.01. The summed E-state index contributed by atoms with van der Waals surface area (Å²) in [6, 6.07) is 2.51. The Hall–Kier alpha value is -1.09. The van der Waals surface area contributed by atoms with Gasteiger partial charge in [-0.2, -0.15) is 0 Å². The highest BCUT2D eigenvalue weighted by Crippen LogP contribution is 2.26. The number of aryl methyl sites for hydroxylation is 1. The fraction of sp³-hybridized carbons (Fsp3) is 0.688. The van der Waals surface area contributed by atoms with E-state index in [2.05, 4.69) is 36.7 Å². The lowest BCUT2D eigenvalue weighted by Gasteiger charge is -2.20. The maximum atomic E-state index is 6.01. The van der Waals surface area contributed by atoms with Gasteiger partial charge in [0.15, 0.2) is 0 Å². The molecule has 0 aromatic carbocycles. The van der Waals surface area contributed by atoms with Crippen LogP contribution in [-0.2, 0) is 6.42 Å². The lowest BCUT2D eigenvalue weighted by Crippen LogP contribution is -2.23. The topological polar surface area (TPSA) is 42.1 Å². The van der Waals surface area contributed by atoms with E-state index in [9.17, 15) is 0 Å². The molecule has 1 aliphatic heterocycles. The van der Waals surface area contributed by atoms with E-state index in [1.165, 1.54) is 29.8 Å². The normalized spacial score (nSPS) is 20.8. The summed E-state index contributed by atoms with van der Waals surface area (Å²) < 4.78 is 0. The molecule has 2 N–H and O–H groups in total. The van der Waals surface area contributed by atoms with Gasteiger partial charge in [0.1, 0.15) is 5.82 Å². The van der Waals surface area contributed by atoms with Crippen molar-refractivity contribution < 1.29 is 0 Å². The van der Waals surface area contributed by atoms with Gasteiger partial charge in [-0.1, -0.05) is 26.3 Å². The van der Waals surface area contributed by atoms with Crippen molar-refractivity contribution in [3.05, 3.63) is 23.4 Å². The van der Waals surface area contributed by atoms with Crippen molar-refractivity contribution in [2.45, 2.75) is 52.5 Å². The van der Waals surface area contributed by atoms with Crippen LogP contribution in [0, 0.1) is 12.8 Å². The summed E-state index contributed by atoms with van der Waals surface area (Å²) >= 11 is 0. The van der Waals surface area contributed by atoms with Gasteiger partial charge in [0.2, 0.25) is 0 Å². The third-order valence-corrected chi connectivity index (χ3v) is 4.29. The van der Waals surface area contributed by atoms with Gasteiger partial charge in [0.05, 0.1) is 0 Å². The van der Waals surface area contributed by atoms with Gasteiger partial charge < -0.3 is 10.6 Å². The molecular formula is C16H27N3. The van der Waals surface area contributed by atoms with Crippen molar-refractivity contribution >= 4 is 5.82 Å². The summed E-state index contributed by atoms with van der Waals surface area (Å²) in [5.74, 6) is 2.01. The molecular weight excluding hydrogens is 234 g/mol. The zero-order valence-electron chi connectivity index (χ0n) is 12.5. The van der Waals surface area contributed by atoms with Crippen molar-refractivity contribution in [2.75, 3.05) is 18.0 Å². The van der Waals surface area contributed by atoms with Crippen LogP contribution >= 0.6 is 0 Å². The molecule has 0 saturated carbocycles. The molecule has 0 amide bonds. The molecule has 3 nitrogen and oxygen atoms in total. The Morgan fingerprint density at radius 3 is 2.84 bits per heavy atom. The first-order valence-electron chi connectivity index (χ1n) is 7.60. The van der Waals surface area contributed by atoms with Crippen molar-refractivity contribution in [3.63, 3.8) is 0 Å². The van der Waals surface area contributed by atoms with Crippen molar-refractivity contribution in [2.24, 2.45) is 11.7 Å². The summed E-state index contributed by atoms with van der Waals surface area (Å²) in [7, 11) is 0. The number of hydrogen-bond acceptors (Lipinski definition) is 3. The number of hydrogen-bond donors (Lipinski definition) is 1. The molecule has 3 heteroatoms. The molecule has 2 heterocycles. The quantitative estimate of drug-likeness (QED) is 0.886. The second kappa shape index (κ2) is 6.38. The van der Waals surface area contributed by atoms with E-state index >= 15 is 0 Å². The van der Waals surface area contributed by atoms with Gasteiger partial charge in [-0.3, -0.25) is 0 Å². The zero-order valence-corrected chi connectivity index (χ0v) is 12.5. The molecule has 1 fully saturated rings. The predicted octanol–water partition coefficient (Wildman–Crippen LogP) is 2.91. The van der Waals surface area contributed by atoms with E-state index in [1.807, 2.05) is 6.20 Å². The minimum Gasteiger partial charge on any atom is -0.356 e. The molecule has 2 unspecified atom stereocenters. The van der Waals surface area contributed by atoms with Crippen LogP contribution in [0.25, 0.3) is 0 Å². The SMILES string of the molecule is CCC(N)Cc1cnc(N2CCC(CC)C2)c(C)c1. The van der Waals surface area contributed by atoms with Gasteiger partial charge in [0.25, 0.3) is 0 Å². The number of rotatable bonds is 5. The van der Waals surface area contributed by atoms with Crippen LogP contribution in [0.1, 0.15) is 44.2 Å². The molecule has 0 bridgehead atoms. The van der Waals surface area contributed by atoms with Crippen LogP contribution in [0.15, 0.2) is 12.3 Å². The number of pyridine rings is 1. The first-order valence-corrected chi connectivity index (χ1v) is 7.60. The Labute approximate surface area is 117 Å². The van der Waals surface area contributed by atoms with Gasteiger partial charge in [-0.05, 0) is 43.2 Å². The molecule has 2 rings (SSSR count). The van der Waals surface area contributed by atoms with Crippen LogP contribution in [-0.4, -0.2) is 24.1 Å². The van der Waals surface area contributed by atoms with E-state index in [0.717, 1.165) is 31.8 Å². The number of aromatic nitrogens is 1. The smallest absolute Gasteiger partial charge is 0.131 e. The summed E-state index contributed by atoms with van der Waals surface area (Å²) in [5, 5.41) is 0. The van der Waals surface area contributed by atoms with E-state index in [1.54, 1.807) is 0 Å². The second-order valence-corrected chi connectivity index (χ2v) is 5.87. The van der Waals surface area contributed by atoms with Crippen LogP contribution in [0.2, 0.25) is 0 Å². The highest BCUT2D eigenvalue weighted by molar-refractivity contribution is 5.48. The Balaban J connectivity index is 2.07. The summed E-state index contributed by atoms with van der Waals surface area (Å²) in [6.45, 7) is 8.90. The van der Waals surface area contributed by atoms with E-state index < -0.39 is 0 Å². The summed E-state index contributed by atoms with van der Waals surface area (Å²) in [4.78, 5) is 7.12. The molecule has 0 radical (unpaired) electrons. The van der Waals surface area contributed by atoms with Crippen molar-refractivity contribution in [1.82, 2.24) is 4.98 Å². The second-order valence-electron chi connectivity index (χ2n) is 5.87. The largest absolute Gasteiger partial charge is 0.356 e. The Morgan fingerprint density at radius 2 is 2.26 bits per heavy atom. The molecule has 19 heavy (non-hydrogen) atoms. The Kier molecular flexibility index (Phi) is 4.81. The highest BCUT2D eigenvalue weighted by atomic mass is 15.2. The zero-order chi connectivity index (χ0) is 13.8. The van der Waals surface area contributed by atoms with Crippen LogP contribution in [0.4, 0.5) is 5.82 Å². The monoisotopic (exact) mass is 261 g/mol. The van der Waals surface area contributed by atoms with Gasteiger partial charge in [0, 0.05) is 25.3 Å². The van der Waals surface area contributed by atoms with Crippen LogP contribution in [0.5, 0.6) is 0 Å². The number of nitrogens with zero attached hydrogens (tertiary/aromatic N) is 2. The summed E-state index contributed by atoms with van der Waals surface area (Å²) in [6.07, 6.45) is 6.55. The molecule has 0 aliphatic carbocycles. The molecule has 106 valence electrons. The lowest BCUT2D eigenvalue weighted by atomic mass is 10.0. The van der Waals surface area contributed by atoms with Crippen LogP contribution in [0.3, 0.4) is 0 Å².